The predicted octanol–water partition coefficient (Wildman–Crippen LogP) is 5.60. The summed E-state index contributed by atoms with van der Waals surface area (Å²) in [5.74, 6) is 0.515. The fraction of sp³-hybridized carbons (Fsp3) is 0.238. The molecule has 0 N–H and O–H groups in total. The lowest BCUT2D eigenvalue weighted by atomic mass is 9.95. The lowest BCUT2D eigenvalue weighted by Gasteiger charge is -2.22. The van der Waals surface area contributed by atoms with Crippen molar-refractivity contribution in [3.8, 4) is 0 Å². The molecule has 1 nitrogen and oxygen atoms in total. The molecule has 0 saturated carbocycles. The molecule has 0 radical (unpaired) electrons. The summed E-state index contributed by atoms with van der Waals surface area (Å²) in [4.78, 5) is 0. The Kier molecular flexibility index (Phi) is 4.55. The molecule has 1 heteroatoms. The Morgan fingerprint density at radius 2 is 1.45 bits per heavy atom. The fourth-order valence-electron chi connectivity index (χ4n) is 2.76. The molecule has 0 aliphatic carbocycles. The van der Waals surface area contributed by atoms with Crippen LogP contribution in [0, 0.1) is 5.92 Å². The van der Waals surface area contributed by atoms with Crippen LogP contribution in [0.2, 0.25) is 0 Å². The zero-order valence-electron chi connectivity index (χ0n) is 13.2. The van der Waals surface area contributed by atoms with E-state index in [9.17, 15) is 0 Å². The number of rotatable bonds is 5. The van der Waals surface area contributed by atoms with E-state index in [1.807, 2.05) is 6.07 Å². The molecular weight excluding hydrogens is 268 g/mol. The minimum atomic E-state index is -0.0188. The van der Waals surface area contributed by atoms with E-state index in [1.165, 1.54) is 21.9 Å². The molecule has 1 unspecified atom stereocenters. The fourth-order valence-corrected chi connectivity index (χ4v) is 2.76. The number of hydrogen-bond donors (Lipinski definition) is 0. The summed E-state index contributed by atoms with van der Waals surface area (Å²) in [7, 11) is 0. The smallest absolute Gasteiger partial charge is 0.108 e. The van der Waals surface area contributed by atoms with Gasteiger partial charge in [-0.25, -0.2) is 0 Å². The van der Waals surface area contributed by atoms with Gasteiger partial charge in [0.2, 0.25) is 0 Å². The molecule has 0 aliphatic heterocycles. The van der Waals surface area contributed by atoms with Crippen LogP contribution < -0.4 is 0 Å². The van der Waals surface area contributed by atoms with Crippen LogP contribution in [0.25, 0.3) is 10.8 Å². The first kappa shape index (κ1) is 14.8. The predicted molar refractivity (Wildman–Crippen MR) is 93.0 cm³/mol. The molecule has 3 aromatic rings. The van der Waals surface area contributed by atoms with Crippen LogP contribution in [0.5, 0.6) is 0 Å². The third-order valence-corrected chi connectivity index (χ3v) is 3.80. The van der Waals surface area contributed by atoms with Gasteiger partial charge in [0.1, 0.15) is 6.10 Å². The van der Waals surface area contributed by atoms with Crippen LogP contribution in [-0.4, -0.2) is 6.61 Å². The molecule has 112 valence electrons. The number of fused-ring (bicyclic) bond motifs is 1. The minimum Gasteiger partial charge on any atom is -0.368 e. The first-order valence-electron chi connectivity index (χ1n) is 7.90. The molecule has 0 saturated heterocycles. The van der Waals surface area contributed by atoms with Gasteiger partial charge in [-0.15, -0.1) is 0 Å². The topological polar surface area (TPSA) is 9.23 Å². The highest BCUT2D eigenvalue weighted by Crippen LogP contribution is 2.32. The molecular formula is C21H22O. The van der Waals surface area contributed by atoms with Gasteiger partial charge in [0, 0.05) is 0 Å². The maximum absolute atomic E-state index is 6.28. The zero-order chi connectivity index (χ0) is 15.4. The summed E-state index contributed by atoms with van der Waals surface area (Å²) in [6, 6.07) is 25.5. The third kappa shape index (κ3) is 3.20. The lowest BCUT2D eigenvalue weighted by molar-refractivity contribution is 0.0610. The SMILES string of the molecule is CC(C)COC(c1ccccc1)c1cccc2ccccc12. The van der Waals surface area contributed by atoms with E-state index in [2.05, 4.69) is 80.6 Å². The average Bonchev–Trinajstić information content (AvgIpc) is 2.56. The van der Waals surface area contributed by atoms with Crippen molar-refractivity contribution in [2.24, 2.45) is 5.92 Å². The Morgan fingerprint density at radius 3 is 2.23 bits per heavy atom. The monoisotopic (exact) mass is 290 g/mol. The standard InChI is InChI=1S/C21H22O/c1-16(2)15-22-21(18-10-4-3-5-11-18)20-14-8-12-17-9-6-7-13-19(17)20/h3-14,16,21H,15H2,1-2H3. The molecule has 0 aromatic heterocycles. The Hall–Kier alpha value is -2.12. The van der Waals surface area contributed by atoms with E-state index >= 15 is 0 Å². The van der Waals surface area contributed by atoms with Crippen molar-refractivity contribution < 1.29 is 4.74 Å². The molecule has 3 aromatic carbocycles. The molecule has 0 bridgehead atoms. The molecule has 0 amide bonds. The summed E-state index contributed by atoms with van der Waals surface area (Å²) < 4.78 is 6.28. The highest BCUT2D eigenvalue weighted by molar-refractivity contribution is 5.86. The van der Waals surface area contributed by atoms with Crippen LogP contribution in [0.1, 0.15) is 31.1 Å². The van der Waals surface area contributed by atoms with Crippen molar-refractivity contribution in [1.29, 1.82) is 0 Å². The number of benzene rings is 3. The second-order valence-electron chi connectivity index (χ2n) is 6.09. The minimum absolute atomic E-state index is 0.0188. The summed E-state index contributed by atoms with van der Waals surface area (Å²) in [6.45, 7) is 5.12. The number of ether oxygens (including phenoxy) is 1. The van der Waals surface area contributed by atoms with Gasteiger partial charge in [-0.05, 0) is 27.8 Å². The van der Waals surface area contributed by atoms with E-state index in [4.69, 9.17) is 4.74 Å². The van der Waals surface area contributed by atoms with Crippen LogP contribution in [0.4, 0.5) is 0 Å². The van der Waals surface area contributed by atoms with Gasteiger partial charge in [0.15, 0.2) is 0 Å². The Morgan fingerprint density at radius 1 is 0.773 bits per heavy atom. The van der Waals surface area contributed by atoms with Crippen molar-refractivity contribution in [1.82, 2.24) is 0 Å². The van der Waals surface area contributed by atoms with Crippen LogP contribution in [-0.2, 0) is 4.74 Å². The molecule has 0 fully saturated rings. The first-order chi connectivity index (χ1) is 10.8. The summed E-state index contributed by atoms with van der Waals surface area (Å²) >= 11 is 0. The summed E-state index contributed by atoms with van der Waals surface area (Å²) in [5, 5.41) is 2.52. The lowest BCUT2D eigenvalue weighted by Crippen LogP contribution is -2.11. The van der Waals surface area contributed by atoms with Gasteiger partial charge in [0.05, 0.1) is 6.61 Å². The molecule has 1 atom stereocenters. The van der Waals surface area contributed by atoms with Crippen molar-refractivity contribution >= 4 is 10.8 Å². The van der Waals surface area contributed by atoms with E-state index in [0.29, 0.717) is 5.92 Å². The van der Waals surface area contributed by atoms with Crippen molar-refractivity contribution in [3.05, 3.63) is 83.9 Å². The van der Waals surface area contributed by atoms with Crippen molar-refractivity contribution in [2.45, 2.75) is 20.0 Å². The van der Waals surface area contributed by atoms with E-state index in [1.54, 1.807) is 0 Å². The van der Waals surface area contributed by atoms with Gasteiger partial charge in [0.25, 0.3) is 0 Å². The van der Waals surface area contributed by atoms with E-state index < -0.39 is 0 Å². The average molecular weight is 290 g/mol. The Balaban J connectivity index is 2.07. The van der Waals surface area contributed by atoms with Crippen LogP contribution >= 0.6 is 0 Å². The summed E-state index contributed by atoms with van der Waals surface area (Å²) in [6.07, 6.45) is -0.0188. The highest BCUT2D eigenvalue weighted by atomic mass is 16.5. The zero-order valence-corrected chi connectivity index (χ0v) is 13.2. The van der Waals surface area contributed by atoms with E-state index in [0.717, 1.165) is 6.61 Å². The maximum Gasteiger partial charge on any atom is 0.108 e. The molecule has 0 aliphatic rings. The van der Waals surface area contributed by atoms with Gasteiger partial charge in [-0.2, -0.15) is 0 Å². The third-order valence-electron chi connectivity index (χ3n) is 3.80. The van der Waals surface area contributed by atoms with E-state index in [-0.39, 0.29) is 6.10 Å². The molecule has 3 rings (SSSR count). The molecule has 0 heterocycles. The van der Waals surface area contributed by atoms with Crippen LogP contribution in [0.15, 0.2) is 72.8 Å². The first-order valence-corrected chi connectivity index (χ1v) is 7.90. The Labute approximate surface area is 132 Å². The van der Waals surface area contributed by atoms with Gasteiger partial charge >= 0.3 is 0 Å². The quantitative estimate of drug-likeness (QED) is 0.594. The van der Waals surface area contributed by atoms with Crippen molar-refractivity contribution in [3.63, 3.8) is 0 Å². The Bertz CT molecular complexity index is 726. The van der Waals surface area contributed by atoms with Gasteiger partial charge in [-0.3, -0.25) is 0 Å². The molecule has 22 heavy (non-hydrogen) atoms. The normalized spacial score (nSPS) is 12.7. The van der Waals surface area contributed by atoms with Crippen molar-refractivity contribution in [2.75, 3.05) is 6.61 Å². The number of hydrogen-bond acceptors (Lipinski definition) is 1. The van der Waals surface area contributed by atoms with Crippen LogP contribution in [0.3, 0.4) is 0 Å². The molecule has 0 spiro atoms. The second-order valence-corrected chi connectivity index (χ2v) is 6.09. The second kappa shape index (κ2) is 6.76. The highest BCUT2D eigenvalue weighted by Gasteiger charge is 2.17. The van der Waals surface area contributed by atoms with Gasteiger partial charge < -0.3 is 4.74 Å². The largest absolute Gasteiger partial charge is 0.368 e. The maximum atomic E-state index is 6.28. The van der Waals surface area contributed by atoms with Gasteiger partial charge in [-0.1, -0.05) is 86.6 Å². The summed E-state index contributed by atoms with van der Waals surface area (Å²) in [5.41, 5.74) is 2.45.